The maximum atomic E-state index is 12.9. The second kappa shape index (κ2) is 8.59. The molecule has 29 heavy (non-hydrogen) atoms. The topological polar surface area (TPSA) is 118 Å². The number of rotatable bonds is 8. The Labute approximate surface area is 167 Å². The summed E-state index contributed by atoms with van der Waals surface area (Å²) in [4.78, 5) is 49.0. The number of esters is 1. The van der Waals surface area contributed by atoms with Crippen LogP contribution in [0.15, 0.2) is 53.1 Å². The second-order valence-electron chi connectivity index (χ2n) is 6.47. The molecule has 2 heterocycles. The molecule has 9 nitrogen and oxygen atoms in total. The summed E-state index contributed by atoms with van der Waals surface area (Å²) in [5.74, 6) is -1.36. The molecule has 0 unspecified atom stereocenters. The van der Waals surface area contributed by atoms with Crippen molar-refractivity contribution < 1.29 is 28.3 Å². The van der Waals surface area contributed by atoms with Gasteiger partial charge in [0.05, 0.1) is 12.7 Å². The largest absolute Gasteiger partial charge is 0.469 e. The van der Waals surface area contributed by atoms with Crippen LogP contribution in [0, 0.1) is 0 Å². The van der Waals surface area contributed by atoms with E-state index < -0.39 is 36.0 Å². The van der Waals surface area contributed by atoms with Crippen molar-refractivity contribution >= 4 is 23.8 Å². The molecule has 1 atom stereocenters. The maximum Gasteiger partial charge on any atom is 0.344 e. The number of urea groups is 1. The zero-order valence-electron chi connectivity index (χ0n) is 15.8. The fourth-order valence-electron chi connectivity index (χ4n) is 3.09. The van der Waals surface area contributed by atoms with Crippen LogP contribution >= 0.6 is 0 Å². The molecule has 2 aromatic rings. The van der Waals surface area contributed by atoms with E-state index in [1.165, 1.54) is 6.26 Å². The Bertz CT molecular complexity index is 896. The van der Waals surface area contributed by atoms with Crippen molar-refractivity contribution in [3.05, 3.63) is 60.1 Å². The number of hydrazine groups is 1. The van der Waals surface area contributed by atoms with Crippen LogP contribution in [-0.4, -0.2) is 35.4 Å². The van der Waals surface area contributed by atoms with Gasteiger partial charge < -0.3 is 14.5 Å². The second-order valence-corrected chi connectivity index (χ2v) is 6.47. The number of hydrogen-bond acceptors (Lipinski definition) is 6. The van der Waals surface area contributed by atoms with Gasteiger partial charge in [-0.2, -0.15) is 5.01 Å². The van der Waals surface area contributed by atoms with Crippen molar-refractivity contribution in [2.24, 2.45) is 0 Å². The van der Waals surface area contributed by atoms with Crippen LogP contribution in [0.25, 0.3) is 0 Å². The number of carbonyl (C=O) groups excluding carboxylic acids is 4. The van der Waals surface area contributed by atoms with E-state index in [-0.39, 0.29) is 6.42 Å². The lowest BCUT2D eigenvalue weighted by molar-refractivity contribution is -0.150. The van der Waals surface area contributed by atoms with Gasteiger partial charge in [0.1, 0.15) is 11.3 Å². The van der Waals surface area contributed by atoms with Crippen molar-refractivity contribution in [1.82, 2.24) is 15.8 Å². The van der Waals surface area contributed by atoms with Crippen LogP contribution in [0.5, 0.6) is 0 Å². The molecule has 1 aromatic heterocycles. The van der Waals surface area contributed by atoms with Crippen molar-refractivity contribution in [2.45, 2.75) is 31.7 Å². The van der Waals surface area contributed by atoms with Crippen molar-refractivity contribution in [3.8, 4) is 0 Å². The number of amides is 4. The van der Waals surface area contributed by atoms with Gasteiger partial charge in [0, 0.05) is 6.42 Å². The summed E-state index contributed by atoms with van der Waals surface area (Å²) in [5, 5.41) is 3.26. The van der Waals surface area contributed by atoms with E-state index in [0.29, 0.717) is 29.2 Å². The van der Waals surface area contributed by atoms with Gasteiger partial charge in [-0.25, -0.2) is 4.79 Å². The van der Waals surface area contributed by atoms with Gasteiger partial charge in [-0.05, 0) is 24.1 Å². The van der Waals surface area contributed by atoms with Crippen LogP contribution in [-0.2, 0) is 31.1 Å². The Balaban J connectivity index is 1.55. The highest BCUT2D eigenvalue weighted by molar-refractivity contribution is 6.08. The zero-order chi connectivity index (χ0) is 20.9. The molecule has 2 N–H and O–H groups in total. The summed E-state index contributed by atoms with van der Waals surface area (Å²) in [5.41, 5.74) is 1.55. The Morgan fingerprint density at radius 3 is 2.59 bits per heavy atom. The molecule has 1 saturated heterocycles. The maximum absolute atomic E-state index is 12.9. The van der Waals surface area contributed by atoms with Gasteiger partial charge in [0.15, 0.2) is 6.61 Å². The van der Waals surface area contributed by atoms with Crippen molar-refractivity contribution in [1.29, 1.82) is 0 Å². The van der Waals surface area contributed by atoms with E-state index >= 15 is 0 Å². The molecule has 1 fully saturated rings. The van der Waals surface area contributed by atoms with Gasteiger partial charge in [0.2, 0.25) is 0 Å². The summed E-state index contributed by atoms with van der Waals surface area (Å²) in [6.45, 7) is 1.15. The number of benzene rings is 1. The normalized spacial score (nSPS) is 18.4. The van der Waals surface area contributed by atoms with E-state index in [1.54, 1.807) is 49.4 Å². The third kappa shape index (κ3) is 4.29. The molecule has 1 aromatic carbocycles. The number of nitrogens with one attached hydrogen (secondary N) is 2. The van der Waals surface area contributed by atoms with Gasteiger partial charge in [-0.15, -0.1) is 0 Å². The molecular formula is C20H21N3O6. The average Bonchev–Trinajstić information content (AvgIpc) is 3.34. The zero-order valence-corrected chi connectivity index (χ0v) is 15.8. The summed E-state index contributed by atoms with van der Waals surface area (Å²) < 4.78 is 10.00. The molecule has 1 aliphatic heterocycles. The number of aryl methyl sites for hydroxylation is 1. The minimum atomic E-state index is -1.26. The van der Waals surface area contributed by atoms with E-state index in [4.69, 9.17) is 9.15 Å². The average molecular weight is 399 g/mol. The van der Waals surface area contributed by atoms with Gasteiger partial charge in [-0.3, -0.25) is 19.8 Å². The molecule has 9 heteroatoms. The first-order valence-electron chi connectivity index (χ1n) is 9.16. The molecule has 3 rings (SSSR count). The quantitative estimate of drug-likeness (QED) is 0.515. The molecule has 0 spiro atoms. The standard InChI is InChI=1S/C20H21N3O6/c1-2-20(14-7-4-3-5-8-14)18(26)23(19(27)21-20)22-16(24)13-29-17(25)11-10-15-9-6-12-28-15/h3-9,12H,2,10-11,13H2,1H3,(H,21,27)(H,22,24)/t20-/m0/s1. The number of ether oxygens (including phenoxy) is 1. The predicted octanol–water partition coefficient (Wildman–Crippen LogP) is 1.64. The first kappa shape index (κ1) is 20.1. The summed E-state index contributed by atoms with van der Waals surface area (Å²) in [7, 11) is 0. The van der Waals surface area contributed by atoms with Crippen LogP contribution in [0.4, 0.5) is 4.79 Å². The monoisotopic (exact) mass is 399 g/mol. The van der Waals surface area contributed by atoms with E-state index in [9.17, 15) is 19.2 Å². The van der Waals surface area contributed by atoms with Crippen molar-refractivity contribution in [2.75, 3.05) is 6.61 Å². The molecule has 0 radical (unpaired) electrons. The predicted molar refractivity (Wildman–Crippen MR) is 99.9 cm³/mol. The minimum absolute atomic E-state index is 0.0386. The fourth-order valence-corrected chi connectivity index (χ4v) is 3.09. The molecule has 0 bridgehead atoms. The highest BCUT2D eigenvalue weighted by Gasteiger charge is 2.52. The van der Waals surface area contributed by atoms with Crippen LogP contribution in [0.1, 0.15) is 31.1 Å². The van der Waals surface area contributed by atoms with Gasteiger partial charge in [-0.1, -0.05) is 37.3 Å². The highest BCUT2D eigenvalue weighted by Crippen LogP contribution is 2.31. The molecule has 1 aliphatic rings. The fraction of sp³-hybridized carbons (Fsp3) is 0.300. The molecule has 0 saturated carbocycles. The first-order valence-corrected chi connectivity index (χ1v) is 9.16. The smallest absolute Gasteiger partial charge is 0.344 e. The number of carbonyl (C=O) groups is 4. The SMILES string of the molecule is CC[C@@]1(c2ccccc2)NC(=O)N(NC(=O)COC(=O)CCc2ccco2)C1=O. The Kier molecular flexibility index (Phi) is 5.96. The lowest BCUT2D eigenvalue weighted by atomic mass is 9.87. The molecule has 0 aliphatic carbocycles. The molecule has 152 valence electrons. The highest BCUT2D eigenvalue weighted by atomic mass is 16.5. The lowest BCUT2D eigenvalue weighted by Crippen LogP contribution is -2.49. The summed E-state index contributed by atoms with van der Waals surface area (Å²) in [6, 6.07) is 11.5. The molecular weight excluding hydrogens is 378 g/mol. The lowest BCUT2D eigenvalue weighted by Gasteiger charge is -2.25. The van der Waals surface area contributed by atoms with E-state index in [1.807, 2.05) is 0 Å². The number of furan rings is 1. The number of imide groups is 1. The minimum Gasteiger partial charge on any atom is -0.469 e. The van der Waals surface area contributed by atoms with E-state index in [0.717, 1.165) is 0 Å². The van der Waals surface area contributed by atoms with Crippen LogP contribution < -0.4 is 10.7 Å². The van der Waals surface area contributed by atoms with Crippen LogP contribution in [0.2, 0.25) is 0 Å². The number of hydrogen-bond donors (Lipinski definition) is 2. The van der Waals surface area contributed by atoms with Gasteiger partial charge in [0.25, 0.3) is 11.8 Å². The van der Waals surface area contributed by atoms with E-state index in [2.05, 4.69) is 10.7 Å². The van der Waals surface area contributed by atoms with Gasteiger partial charge >= 0.3 is 12.0 Å². The van der Waals surface area contributed by atoms with Crippen molar-refractivity contribution in [3.63, 3.8) is 0 Å². The Morgan fingerprint density at radius 2 is 1.93 bits per heavy atom. The molecule has 4 amide bonds. The summed E-state index contributed by atoms with van der Waals surface area (Å²) in [6.07, 6.45) is 2.18. The Hall–Kier alpha value is -3.62. The third-order valence-corrected chi connectivity index (χ3v) is 4.64. The first-order chi connectivity index (χ1) is 14.0. The Morgan fingerprint density at radius 1 is 1.17 bits per heavy atom. The third-order valence-electron chi connectivity index (χ3n) is 4.64. The summed E-state index contributed by atoms with van der Waals surface area (Å²) >= 11 is 0. The van der Waals surface area contributed by atoms with Crippen LogP contribution in [0.3, 0.4) is 0 Å². The number of nitrogens with zero attached hydrogens (tertiary/aromatic N) is 1.